The summed E-state index contributed by atoms with van der Waals surface area (Å²) in [5, 5.41) is 0. The Morgan fingerprint density at radius 3 is 1.62 bits per heavy atom. The highest BCUT2D eigenvalue weighted by Crippen LogP contribution is 2.49. The Morgan fingerprint density at radius 2 is 1.13 bits per heavy atom. The third-order valence-corrected chi connectivity index (χ3v) is 9.12. The maximum absolute atomic E-state index is 11.4. The Bertz CT molecular complexity index is 534. The summed E-state index contributed by atoms with van der Waals surface area (Å²) in [4.78, 5) is 13.8. The molecule has 3 unspecified atom stereocenters. The van der Waals surface area contributed by atoms with Crippen LogP contribution in [-0.4, -0.2) is 38.1 Å². The molecule has 0 radical (unpaired) electrons. The molecule has 3 nitrogen and oxygen atoms in total. The van der Waals surface area contributed by atoms with Gasteiger partial charge < -0.3 is 9.64 Å². The molecule has 0 N–H and O–H groups in total. The van der Waals surface area contributed by atoms with Crippen LogP contribution in [-0.2, 0) is 9.53 Å². The van der Waals surface area contributed by atoms with E-state index in [2.05, 4.69) is 25.9 Å². The van der Waals surface area contributed by atoms with Gasteiger partial charge in [-0.05, 0) is 58.0 Å². The lowest BCUT2D eigenvalue weighted by atomic mass is 9.93. The molecule has 0 spiro atoms. The molecule has 1 saturated carbocycles. The van der Waals surface area contributed by atoms with Gasteiger partial charge >= 0.3 is 5.97 Å². The van der Waals surface area contributed by atoms with Gasteiger partial charge in [-0.3, -0.25) is 4.79 Å². The van der Waals surface area contributed by atoms with E-state index in [0.29, 0.717) is 13.0 Å². The lowest BCUT2D eigenvalue weighted by molar-refractivity contribution is -0.143. The lowest BCUT2D eigenvalue weighted by Gasteiger charge is -2.21. The first-order valence-electron chi connectivity index (χ1n) is 17.9. The summed E-state index contributed by atoms with van der Waals surface area (Å²) < 4.78 is 5.02. The number of ether oxygens (including phenoxy) is 1. The second kappa shape index (κ2) is 26.3. The fraction of sp³-hybridized carbons (Fsp3) is 0.972. The van der Waals surface area contributed by atoms with Crippen molar-refractivity contribution < 1.29 is 9.53 Å². The van der Waals surface area contributed by atoms with Crippen LogP contribution in [0.1, 0.15) is 181 Å². The van der Waals surface area contributed by atoms with Crippen LogP contribution in [0.3, 0.4) is 0 Å². The number of hydrogen-bond acceptors (Lipinski definition) is 3. The van der Waals surface area contributed by atoms with Crippen LogP contribution in [0.4, 0.5) is 0 Å². The number of carbonyl (C=O) groups excluding carboxylic acids is 1. The highest BCUT2D eigenvalue weighted by molar-refractivity contribution is 5.69. The van der Waals surface area contributed by atoms with Crippen molar-refractivity contribution in [1.82, 2.24) is 4.90 Å². The predicted molar refractivity (Wildman–Crippen MR) is 171 cm³/mol. The molecular weight excluding hydrogens is 478 g/mol. The number of unbranched alkanes of at least 4 members (excludes halogenated alkanes) is 20. The topological polar surface area (TPSA) is 29.5 Å². The van der Waals surface area contributed by atoms with Crippen molar-refractivity contribution in [3.05, 3.63) is 0 Å². The minimum atomic E-state index is -0.0233. The molecule has 3 heteroatoms. The number of carbonyl (C=O) groups is 1. The second-order valence-electron chi connectivity index (χ2n) is 13.2. The van der Waals surface area contributed by atoms with Crippen LogP contribution in [0.25, 0.3) is 0 Å². The summed E-state index contributed by atoms with van der Waals surface area (Å²) in [5.41, 5.74) is 0. The molecule has 1 aliphatic rings. The number of rotatable bonds is 30. The van der Waals surface area contributed by atoms with Gasteiger partial charge in [-0.25, -0.2) is 0 Å². The molecule has 232 valence electrons. The molecule has 0 bridgehead atoms. The molecule has 1 fully saturated rings. The zero-order valence-corrected chi connectivity index (χ0v) is 27.3. The molecule has 0 aliphatic heterocycles. The summed E-state index contributed by atoms with van der Waals surface area (Å²) in [5.74, 6) is 2.90. The zero-order chi connectivity index (χ0) is 28.4. The number of hydrogen-bond donors (Lipinski definition) is 0. The van der Waals surface area contributed by atoms with Gasteiger partial charge in [0, 0.05) is 13.0 Å². The van der Waals surface area contributed by atoms with E-state index in [1.165, 1.54) is 161 Å². The standard InChI is InChI=1S/C36H71NO2/c1-5-7-8-9-10-11-12-13-14-15-16-17-18-19-20-22-26-29-34(32-37(3)4)35-31-33(35)28-25-23-21-24-27-30-36(38)39-6-2/h33-35H,5-32H2,1-4H3. The van der Waals surface area contributed by atoms with Gasteiger partial charge in [0.1, 0.15) is 0 Å². The van der Waals surface area contributed by atoms with Gasteiger partial charge in [-0.1, -0.05) is 148 Å². The van der Waals surface area contributed by atoms with Gasteiger partial charge in [0.2, 0.25) is 0 Å². The van der Waals surface area contributed by atoms with Crippen LogP contribution in [0, 0.1) is 17.8 Å². The monoisotopic (exact) mass is 550 g/mol. The maximum Gasteiger partial charge on any atom is 0.305 e. The molecule has 1 aliphatic carbocycles. The van der Waals surface area contributed by atoms with E-state index in [0.717, 1.165) is 24.2 Å². The SMILES string of the molecule is CCCCCCCCCCCCCCCCCCCC(CN(C)C)C1CC1CCCCCCCC(=O)OCC. The number of nitrogens with zero attached hydrogens (tertiary/aromatic N) is 1. The van der Waals surface area contributed by atoms with Crippen LogP contribution < -0.4 is 0 Å². The summed E-state index contributed by atoms with van der Waals surface area (Å²) in [6, 6.07) is 0. The average molecular weight is 550 g/mol. The van der Waals surface area contributed by atoms with E-state index in [1.807, 2.05) is 6.92 Å². The fourth-order valence-electron chi connectivity index (χ4n) is 6.66. The van der Waals surface area contributed by atoms with Crippen molar-refractivity contribution in [2.45, 2.75) is 181 Å². The quantitative estimate of drug-likeness (QED) is 0.0659. The largest absolute Gasteiger partial charge is 0.466 e. The van der Waals surface area contributed by atoms with Crippen molar-refractivity contribution in [2.24, 2.45) is 17.8 Å². The predicted octanol–water partition coefficient (Wildman–Crippen LogP) is 11.1. The van der Waals surface area contributed by atoms with E-state index in [-0.39, 0.29) is 5.97 Å². The van der Waals surface area contributed by atoms with E-state index >= 15 is 0 Å². The van der Waals surface area contributed by atoms with E-state index in [9.17, 15) is 4.79 Å². The summed E-state index contributed by atoms with van der Waals surface area (Å²) in [7, 11) is 4.52. The summed E-state index contributed by atoms with van der Waals surface area (Å²) >= 11 is 0. The molecule has 3 atom stereocenters. The van der Waals surface area contributed by atoms with Crippen LogP contribution >= 0.6 is 0 Å². The Morgan fingerprint density at radius 1 is 0.667 bits per heavy atom. The zero-order valence-electron chi connectivity index (χ0n) is 27.3. The van der Waals surface area contributed by atoms with Crippen molar-refractivity contribution in [1.29, 1.82) is 0 Å². The molecule has 39 heavy (non-hydrogen) atoms. The molecule has 0 heterocycles. The van der Waals surface area contributed by atoms with Gasteiger partial charge in [0.15, 0.2) is 0 Å². The molecular formula is C36H71NO2. The minimum Gasteiger partial charge on any atom is -0.466 e. The molecule has 0 amide bonds. The molecule has 0 aromatic rings. The molecule has 1 rings (SSSR count). The van der Waals surface area contributed by atoms with Crippen LogP contribution in [0.2, 0.25) is 0 Å². The van der Waals surface area contributed by atoms with E-state index in [1.54, 1.807) is 0 Å². The molecule has 0 aromatic carbocycles. The summed E-state index contributed by atoms with van der Waals surface area (Å²) in [6.45, 7) is 5.98. The second-order valence-corrected chi connectivity index (χ2v) is 13.2. The fourth-order valence-corrected chi connectivity index (χ4v) is 6.66. The molecule has 0 aromatic heterocycles. The van der Waals surface area contributed by atoms with Crippen molar-refractivity contribution >= 4 is 5.97 Å². The van der Waals surface area contributed by atoms with Gasteiger partial charge in [-0.15, -0.1) is 0 Å². The smallest absolute Gasteiger partial charge is 0.305 e. The first-order chi connectivity index (χ1) is 19.1. The first kappa shape index (κ1) is 36.5. The summed E-state index contributed by atoms with van der Waals surface area (Å²) in [6.07, 6.45) is 35.9. The highest BCUT2D eigenvalue weighted by atomic mass is 16.5. The Balaban J connectivity index is 1.93. The minimum absolute atomic E-state index is 0.0233. The molecule has 0 saturated heterocycles. The van der Waals surface area contributed by atoms with Crippen molar-refractivity contribution in [3.63, 3.8) is 0 Å². The first-order valence-corrected chi connectivity index (χ1v) is 17.9. The van der Waals surface area contributed by atoms with Gasteiger partial charge in [0.25, 0.3) is 0 Å². The third-order valence-electron chi connectivity index (χ3n) is 9.12. The van der Waals surface area contributed by atoms with E-state index in [4.69, 9.17) is 4.74 Å². The lowest BCUT2D eigenvalue weighted by Crippen LogP contribution is -2.23. The normalized spacial score (nSPS) is 17.6. The van der Waals surface area contributed by atoms with Gasteiger partial charge in [0.05, 0.1) is 6.61 Å². The van der Waals surface area contributed by atoms with Crippen LogP contribution in [0.15, 0.2) is 0 Å². The Labute approximate surface area is 246 Å². The van der Waals surface area contributed by atoms with Crippen molar-refractivity contribution in [2.75, 3.05) is 27.2 Å². The van der Waals surface area contributed by atoms with Gasteiger partial charge in [-0.2, -0.15) is 0 Å². The van der Waals surface area contributed by atoms with Crippen LogP contribution in [0.5, 0.6) is 0 Å². The Kier molecular flexibility index (Phi) is 24.6. The van der Waals surface area contributed by atoms with E-state index < -0.39 is 0 Å². The van der Waals surface area contributed by atoms with Crippen molar-refractivity contribution in [3.8, 4) is 0 Å². The maximum atomic E-state index is 11.4. The highest BCUT2D eigenvalue weighted by Gasteiger charge is 2.41. The third kappa shape index (κ3) is 22.8. The number of esters is 1. The average Bonchev–Trinajstić information content (AvgIpc) is 3.68. The Hall–Kier alpha value is -0.570.